The first-order valence-corrected chi connectivity index (χ1v) is 5.93. The van der Waals surface area contributed by atoms with Crippen LogP contribution in [0.1, 0.15) is 0 Å². The van der Waals surface area contributed by atoms with E-state index < -0.39 is 17.1 Å². The molecule has 1 aliphatic heterocycles. The number of nitro benzene ring substituents is 1. The van der Waals surface area contributed by atoms with Gasteiger partial charge in [-0.1, -0.05) is 23.2 Å². The van der Waals surface area contributed by atoms with Gasteiger partial charge >= 0.3 is 5.69 Å². The first kappa shape index (κ1) is 13.4. The van der Waals surface area contributed by atoms with E-state index in [1.165, 1.54) is 6.07 Å². The Bertz CT molecular complexity index is 483. The first-order chi connectivity index (χ1) is 8.49. The number of hydrogen-bond donors (Lipinski definition) is 2. The molecule has 1 aromatic rings. The molecule has 0 aromatic heterocycles. The van der Waals surface area contributed by atoms with Gasteiger partial charge in [-0.25, -0.2) is 0 Å². The smallest absolute Gasteiger partial charge is 0.312 e. The lowest BCUT2D eigenvalue weighted by Crippen LogP contribution is -2.30. The van der Waals surface area contributed by atoms with Crippen molar-refractivity contribution >= 4 is 28.9 Å². The maximum Gasteiger partial charge on any atom is 0.312 e. The van der Waals surface area contributed by atoms with Crippen molar-refractivity contribution < 1.29 is 14.8 Å². The largest absolute Gasteiger partial charge is 0.479 e. The SMILES string of the molecule is O=[N+]([O-])c1cc(Cl)c(Cl)cc1OC1CNCC1O. The van der Waals surface area contributed by atoms with Crippen LogP contribution < -0.4 is 10.1 Å². The van der Waals surface area contributed by atoms with Gasteiger partial charge in [0.25, 0.3) is 0 Å². The summed E-state index contributed by atoms with van der Waals surface area (Å²) >= 11 is 11.5. The number of hydrogen-bond acceptors (Lipinski definition) is 5. The zero-order valence-corrected chi connectivity index (χ0v) is 10.6. The Morgan fingerprint density at radius 3 is 2.61 bits per heavy atom. The number of benzene rings is 1. The quantitative estimate of drug-likeness (QED) is 0.653. The molecule has 2 unspecified atom stereocenters. The Morgan fingerprint density at radius 2 is 2.06 bits per heavy atom. The topological polar surface area (TPSA) is 84.6 Å². The Balaban J connectivity index is 2.30. The van der Waals surface area contributed by atoms with Gasteiger partial charge in [-0.3, -0.25) is 10.1 Å². The highest BCUT2D eigenvalue weighted by Gasteiger charge is 2.29. The van der Waals surface area contributed by atoms with E-state index in [9.17, 15) is 15.2 Å². The highest BCUT2D eigenvalue weighted by molar-refractivity contribution is 6.42. The van der Waals surface area contributed by atoms with Crippen molar-refractivity contribution in [2.75, 3.05) is 13.1 Å². The van der Waals surface area contributed by atoms with E-state index in [1.54, 1.807) is 0 Å². The number of nitrogens with one attached hydrogen (secondary N) is 1. The minimum atomic E-state index is -0.709. The van der Waals surface area contributed by atoms with Gasteiger partial charge in [-0.2, -0.15) is 0 Å². The standard InChI is InChI=1S/C10H10Cl2N2O4/c11-5-1-7(14(16)17)9(2-6(5)12)18-10-4-13-3-8(10)15/h1-2,8,10,13,15H,3-4H2. The van der Waals surface area contributed by atoms with Crippen LogP contribution in [-0.4, -0.2) is 35.3 Å². The summed E-state index contributed by atoms with van der Waals surface area (Å²) in [6.07, 6.45) is -1.25. The molecule has 18 heavy (non-hydrogen) atoms. The Morgan fingerprint density at radius 1 is 1.39 bits per heavy atom. The van der Waals surface area contributed by atoms with Gasteiger partial charge in [-0.05, 0) is 0 Å². The van der Waals surface area contributed by atoms with Crippen LogP contribution in [0, 0.1) is 10.1 Å². The van der Waals surface area contributed by atoms with Crippen LogP contribution in [0.3, 0.4) is 0 Å². The van der Waals surface area contributed by atoms with Crippen molar-refractivity contribution in [2.45, 2.75) is 12.2 Å². The molecule has 0 amide bonds. The molecule has 1 heterocycles. The zero-order valence-electron chi connectivity index (χ0n) is 9.10. The monoisotopic (exact) mass is 292 g/mol. The molecule has 0 aliphatic carbocycles. The van der Waals surface area contributed by atoms with Crippen LogP contribution in [0.15, 0.2) is 12.1 Å². The predicted molar refractivity (Wildman–Crippen MR) is 66.4 cm³/mol. The third kappa shape index (κ3) is 2.67. The summed E-state index contributed by atoms with van der Waals surface area (Å²) in [6, 6.07) is 2.42. The highest BCUT2D eigenvalue weighted by Crippen LogP contribution is 2.36. The molecule has 2 N–H and O–H groups in total. The lowest BCUT2D eigenvalue weighted by molar-refractivity contribution is -0.386. The molecular weight excluding hydrogens is 283 g/mol. The summed E-state index contributed by atoms with van der Waals surface area (Å²) in [5, 5.41) is 23.6. The molecule has 6 nitrogen and oxygen atoms in total. The first-order valence-electron chi connectivity index (χ1n) is 5.18. The van der Waals surface area contributed by atoms with E-state index in [2.05, 4.69) is 5.32 Å². The van der Waals surface area contributed by atoms with Crippen molar-refractivity contribution in [3.63, 3.8) is 0 Å². The van der Waals surface area contributed by atoms with Crippen LogP contribution in [0.5, 0.6) is 5.75 Å². The van der Waals surface area contributed by atoms with E-state index >= 15 is 0 Å². The van der Waals surface area contributed by atoms with Crippen molar-refractivity contribution in [3.05, 3.63) is 32.3 Å². The fourth-order valence-corrected chi connectivity index (χ4v) is 1.99. The second-order valence-corrected chi connectivity index (χ2v) is 4.69. The number of nitro groups is 1. The number of rotatable bonds is 3. The number of ether oxygens (including phenoxy) is 1. The van der Waals surface area contributed by atoms with Gasteiger partial charge in [0.05, 0.1) is 15.0 Å². The second kappa shape index (κ2) is 5.27. The van der Waals surface area contributed by atoms with Crippen LogP contribution >= 0.6 is 23.2 Å². The van der Waals surface area contributed by atoms with Gasteiger partial charge in [-0.15, -0.1) is 0 Å². The number of aliphatic hydroxyl groups excluding tert-OH is 1. The average molecular weight is 293 g/mol. The van der Waals surface area contributed by atoms with Crippen molar-refractivity contribution in [1.29, 1.82) is 0 Å². The lowest BCUT2D eigenvalue weighted by Gasteiger charge is -2.16. The molecule has 2 atom stereocenters. The number of aliphatic hydroxyl groups is 1. The molecule has 0 bridgehead atoms. The van der Waals surface area contributed by atoms with E-state index in [-0.39, 0.29) is 21.5 Å². The van der Waals surface area contributed by atoms with Crippen LogP contribution in [0.4, 0.5) is 5.69 Å². The molecule has 1 saturated heterocycles. The zero-order chi connectivity index (χ0) is 13.3. The van der Waals surface area contributed by atoms with Gasteiger partial charge in [0.15, 0.2) is 5.75 Å². The Kier molecular flexibility index (Phi) is 3.91. The number of halogens is 2. The molecule has 2 rings (SSSR count). The van der Waals surface area contributed by atoms with E-state index in [0.29, 0.717) is 13.1 Å². The summed E-state index contributed by atoms with van der Waals surface area (Å²) in [5.74, 6) is 0.00199. The third-order valence-electron chi connectivity index (χ3n) is 2.61. The van der Waals surface area contributed by atoms with Crippen molar-refractivity contribution in [3.8, 4) is 5.75 Å². The number of nitrogens with zero attached hydrogens (tertiary/aromatic N) is 1. The Hall–Kier alpha value is -1.08. The van der Waals surface area contributed by atoms with Crippen molar-refractivity contribution in [2.24, 2.45) is 0 Å². The molecule has 1 aromatic carbocycles. The van der Waals surface area contributed by atoms with E-state index in [4.69, 9.17) is 27.9 Å². The third-order valence-corrected chi connectivity index (χ3v) is 3.33. The Labute approximate surface area is 113 Å². The molecule has 0 radical (unpaired) electrons. The van der Waals surface area contributed by atoms with Crippen LogP contribution in [0.2, 0.25) is 10.0 Å². The fourth-order valence-electron chi connectivity index (χ4n) is 1.68. The summed E-state index contributed by atoms with van der Waals surface area (Å²) in [6.45, 7) is 0.804. The molecule has 1 aliphatic rings. The van der Waals surface area contributed by atoms with E-state index in [1.807, 2.05) is 0 Å². The van der Waals surface area contributed by atoms with Gasteiger partial charge in [0.1, 0.15) is 12.2 Å². The molecular formula is C10H10Cl2N2O4. The number of β-amino-alcohol motifs (C(OH)–C–C–N with tert-alkyl or cyclic N) is 1. The molecule has 0 saturated carbocycles. The maximum atomic E-state index is 10.9. The predicted octanol–water partition coefficient (Wildman–Crippen LogP) is 1.61. The molecule has 0 spiro atoms. The van der Waals surface area contributed by atoms with Crippen LogP contribution in [0.25, 0.3) is 0 Å². The average Bonchev–Trinajstić information content (AvgIpc) is 2.69. The van der Waals surface area contributed by atoms with Gasteiger partial charge in [0.2, 0.25) is 0 Å². The summed E-state index contributed by atoms with van der Waals surface area (Å²) in [4.78, 5) is 10.3. The lowest BCUT2D eigenvalue weighted by atomic mass is 10.2. The summed E-state index contributed by atoms with van der Waals surface area (Å²) in [7, 11) is 0. The summed E-state index contributed by atoms with van der Waals surface area (Å²) < 4.78 is 5.42. The van der Waals surface area contributed by atoms with Gasteiger partial charge < -0.3 is 15.2 Å². The fraction of sp³-hybridized carbons (Fsp3) is 0.400. The van der Waals surface area contributed by atoms with Crippen molar-refractivity contribution in [1.82, 2.24) is 5.32 Å². The van der Waals surface area contributed by atoms with Gasteiger partial charge in [0, 0.05) is 25.2 Å². The molecule has 98 valence electrons. The minimum Gasteiger partial charge on any atom is -0.479 e. The molecule has 8 heteroatoms. The van der Waals surface area contributed by atoms with Crippen LogP contribution in [-0.2, 0) is 0 Å². The van der Waals surface area contributed by atoms with E-state index in [0.717, 1.165) is 6.07 Å². The highest BCUT2D eigenvalue weighted by atomic mass is 35.5. The normalized spacial score (nSPS) is 23.1. The second-order valence-electron chi connectivity index (χ2n) is 3.87. The molecule has 1 fully saturated rings. The summed E-state index contributed by atoms with van der Waals surface area (Å²) in [5.41, 5.74) is -0.275. The maximum absolute atomic E-state index is 10.9. The minimum absolute atomic E-state index is 0.00199.